The molecule has 2 aliphatic heterocycles. The molecule has 0 aromatic carbocycles. The van der Waals surface area contributed by atoms with Gasteiger partial charge in [-0.1, -0.05) is 0 Å². The van der Waals surface area contributed by atoms with Crippen molar-refractivity contribution in [2.45, 2.75) is 46.6 Å². The Labute approximate surface area is 117 Å². The molecule has 2 saturated heterocycles. The molecule has 0 unspecified atom stereocenters. The summed E-state index contributed by atoms with van der Waals surface area (Å²) in [6.45, 7) is 14.7. The van der Waals surface area contributed by atoms with Crippen molar-refractivity contribution < 1.29 is 4.79 Å². The standard InChI is InChI=1S/C15H29N3O/c1-5-16(6-2)14(19)18-11-15(12-18)7-9-17(10-8-15)13(3)4/h13H,5-12H2,1-4H3. The van der Waals surface area contributed by atoms with Crippen LogP contribution in [-0.4, -0.2) is 66.0 Å². The SMILES string of the molecule is CCN(CC)C(=O)N1CC2(CCN(C(C)C)CC2)C1. The van der Waals surface area contributed by atoms with Gasteiger partial charge in [-0.3, -0.25) is 0 Å². The van der Waals surface area contributed by atoms with E-state index < -0.39 is 0 Å². The van der Waals surface area contributed by atoms with Crippen LogP contribution in [-0.2, 0) is 0 Å². The van der Waals surface area contributed by atoms with Gasteiger partial charge in [-0.15, -0.1) is 0 Å². The molecule has 0 N–H and O–H groups in total. The highest BCUT2D eigenvalue weighted by molar-refractivity contribution is 5.75. The van der Waals surface area contributed by atoms with Crippen LogP contribution in [0.4, 0.5) is 4.79 Å². The molecule has 2 heterocycles. The molecular weight excluding hydrogens is 238 g/mol. The van der Waals surface area contributed by atoms with E-state index in [4.69, 9.17) is 0 Å². The van der Waals surface area contributed by atoms with Gasteiger partial charge in [0.15, 0.2) is 0 Å². The second-order valence-electron chi connectivity index (χ2n) is 6.44. The van der Waals surface area contributed by atoms with E-state index in [1.54, 1.807) is 0 Å². The van der Waals surface area contributed by atoms with E-state index in [-0.39, 0.29) is 6.03 Å². The van der Waals surface area contributed by atoms with E-state index in [9.17, 15) is 4.79 Å². The molecule has 19 heavy (non-hydrogen) atoms. The van der Waals surface area contributed by atoms with Crippen molar-refractivity contribution >= 4 is 6.03 Å². The number of likely N-dealkylation sites (tertiary alicyclic amines) is 2. The van der Waals surface area contributed by atoms with E-state index in [1.807, 2.05) is 9.80 Å². The average Bonchev–Trinajstić information content (AvgIpc) is 2.37. The Morgan fingerprint density at radius 3 is 2.11 bits per heavy atom. The Morgan fingerprint density at radius 1 is 1.16 bits per heavy atom. The maximum Gasteiger partial charge on any atom is 0.320 e. The van der Waals surface area contributed by atoms with Gasteiger partial charge in [-0.25, -0.2) is 4.79 Å². The molecule has 0 aromatic rings. The largest absolute Gasteiger partial charge is 0.325 e. The Morgan fingerprint density at radius 2 is 1.68 bits per heavy atom. The van der Waals surface area contributed by atoms with Crippen LogP contribution in [0.15, 0.2) is 0 Å². The lowest BCUT2D eigenvalue weighted by Gasteiger charge is -2.55. The second kappa shape index (κ2) is 5.70. The van der Waals surface area contributed by atoms with Crippen LogP contribution in [0.2, 0.25) is 0 Å². The number of carbonyl (C=O) groups excluding carboxylic acids is 1. The summed E-state index contributed by atoms with van der Waals surface area (Å²) in [5, 5.41) is 0. The summed E-state index contributed by atoms with van der Waals surface area (Å²) in [6.07, 6.45) is 2.51. The third-order valence-electron chi connectivity index (χ3n) is 4.95. The Kier molecular flexibility index (Phi) is 4.39. The lowest BCUT2D eigenvalue weighted by atomic mass is 9.72. The first kappa shape index (κ1) is 14.6. The number of carbonyl (C=O) groups is 1. The fourth-order valence-corrected chi connectivity index (χ4v) is 3.42. The molecule has 0 bridgehead atoms. The molecule has 2 fully saturated rings. The molecule has 0 radical (unpaired) electrons. The number of rotatable bonds is 3. The first-order valence-electron chi connectivity index (χ1n) is 7.79. The molecule has 0 aliphatic carbocycles. The fourth-order valence-electron chi connectivity index (χ4n) is 3.42. The van der Waals surface area contributed by atoms with Crippen molar-refractivity contribution in [1.29, 1.82) is 0 Å². The summed E-state index contributed by atoms with van der Waals surface area (Å²) in [4.78, 5) is 18.7. The summed E-state index contributed by atoms with van der Waals surface area (Å²) in [5.74, 6) is 0. The molecule has 2 aliphatic rings. The molecule has 0 saturated carbocycles. The Bertz CT molecular complexity index is 309. The van der Waals surface area contributed by atoms with Crippen molar-refractivity contribution in [3.05, 3.63) is 0 Å². The lowest BCUT2D eigenvalue weighted by Crippen LogP contribution is -2.64. The predicted molar refractivity (Wildman–Crippen MR) is 78.3 cm³/mol. The van der Waals surface area contributed by atoms with Crippen LogP contribution in [0.5, 0.6) is 0 Å². The van der Waals surface area contributed by atoms with E-state index in [2.05, 4.69) is 32.6 Å². The highest BCUT2D eigenvalue weighted by Gasteiger charge is 2.47. The molecule has 2 rings (SSSR count). The summed E-state index contributed by atoms with van der Waals surface area (Å²) < 4.78 is 0. The first-order valence-corrected chi connectivity index (χ1v) is 7.79. The van der Waals surface area contributed by atoms with E-state index in [0.29, 0.717) is 11.5 Å². The Hall–Kier alpha value is -0.770. The monoisotopic (exact) mass is 267 g/mol. The predicted octanol–water partition coefficient (Wildman–Crippen LogP) is 2.25. The van der Waals surface area contributed by atoms with Gasteiger partial charge in [-0.2, -0.15) is 0 Å². The van der Waals surface area contributed by atoms with Gasteiger partial charge in [0, 0.05) is 37.6 Å². The molecule has 0 aromatic heterocycles. The van der Waals surface area contributed by atoms with Gasteiger partial charge in [0.2, 0.25) is 0 Å². The van der Waals surface area contributed by atoms with Gasteiger partial charge >= 0.3 is 6.03 Å². The first-order chi connectivity index (χ1) is 9.01. The van der Waals surface area contributed by atoms with E-state index >= 15 is 0 Å². The van der Waals surface area contributed by atoms with Crippen molar-refractivity contribution in [3.8, 4) is 0 Å². The summed E-state index contributed by atoms with van der Waals surface area (Å²) in [6, 6.07) is 0.896. The van der Waals surface area contributed by atoms with Crippen molar-refractivity contribution in [2.24, 2.45) is 5.41 Å². The lowest BCUT2D eigenvalue weighted by molar-refractivity contribution is -0.0345. The average molecular weight is 267 g/mol. The van der Waals surface area contributed by atoms with Gasteiger partial charge in [-0.05, 0) is 53.6 Å². The topological polar surface area (TPSA) is 26.8 Å². The molecule has 4 nitrogen and oxygen atoms in total. The van der Waals surface area contributed by atoms with Gasteiger partial charge in [0.05, 0.1) is 0 Å². The summed E-state index contributed by atoms with van der Waals surface area (Å²) in [5.41, 5.74) is 0.439. The number of piperidine rings is 1. The quantitative estimate of drug-likeness (QED) is 0.784. The summed E-state index contributed by atoms with van der Waals surface area (Å²) in [7, 11) is 0. The minimum absolute atomic E-state index is 0.238. The smallest absolute Gasteiger partial charge is 0.320 e. The highest BCUT2D eigenvalue weighted by atomic mass is 16.2. The zero-order valence-electron chi connectivity index (χ0n) is 13.0. The maximum absolute atomic E-state index is 12.2. The molecule has 4 heteroatoms. The minimum atomic E-state index is 0.238. The van der Waals surface area contributed by atoms with Crippen LogP contribution in [0.1, 0.15) is 40.5 Å². The van der Waals surface area contributed by atoms with Crippen LogP contribution in [0.25, 0.3) is 0 Å². The van der Waals surface area contributed by atoms with Gasteiger partial charge in [0.25, 0.3) is 0 Å². The van der Waals surface area contributed by atoms with Gasteiger partial charge in [0.1, 0.15) is 0 Å². The molecule has 1 spiro atoms. The van der Waals surface area contributed by atoms with Crippen LogP contribution in [0, 0.1) is 5.41 Å². The fraction of sp³-hybridized carbons (Fsp3) is 0.933. The number of amides is 2. The number of nitrogens with zero attached hydrogens (tertiary/aromatic N) is 3. The third kappa shape index (κ3) is 2.88. The minimum Gasteiger partial charge on any atom is -0.325 e. The molecule has 0 atom stereocenters. The zero-order chi connectivity index (χ0) is 14.0. The summed E-state index contributed by atoms with van der Waals surface area (Å²) >= 11 is 0. The normalized spacial score (nSPS) is 22.7. The van der Waals surface area contributed by atoms with Crippen molar-refractivity contribution in [2.75, 3.05) is 39.3 Å². The number of hydrogen-bond acceptors (Lipinski definition) is 2. The number of hydrogen-bond donors (Lipinski definition) is 0. The van der Waals surface area contributed by atoms with Crippen molar-refractivity contribution in [1.82, 2.24) is 14.7 Å². The van der Waals surface area contributed by atoms with E-state index in [0.717, 1.165) is 26.2 Å². The number of urea groups is 1. The highest BCUT2D eigenvalue weighted by Crippen LogP contribution is 2.41. The molecule has 2 amide bonds. The van der Waals surface area contributed by atoms with Crippen LogP contribution < -0.4 is 0 Å². The molecular formula is C15H29N3O. The third-order valence-corrected chi connectivity index (χ3v) is 4.95. The maximum atomic E-state index is 12.2. The van der Waals surface area contributed by atoms with E-state index in [1.165, 1.54) is 25.9 Å². The van der Waals surface area contributed by atoms with Crippen LogP contribution >= 0.6 is 0 Å². The zero-order valence-corrected chi connectivity index (χ0v) is 13.0. The van der Waals surface area contributed by atoms with Crippen molar-refractivity contribution in [3.63, 3.8) is 0 Å². The molecule has 110 valence electrons. The van der Waals surface area contributed by atoms with Gasteiger partial charge < -0.3 is 14.7 Å². The second-order valence-corrected chi connectivity index (χ2v) is 6.44. The Balaban J connectivity index is 1.81. The van der Waals surface area contributed by atoms with Crippen LogP contribution in [0.3, 0.4) is 0 Å².